The number of rotatable bonds is 22. The number of halogens is 1. The van der Waals surface area contributed by atoms with Gasteiger partial charge in [-0.2, -0.15) is 0 Å². The van der Waals surface area contributed by atoms with Crippen LogP contribution in [0.2, 0.25) is 0 Å². The Morgan fingerprint density at radius 1 is 0.340 bits per heavy atom. The summed E-state index contributed by atoms with van der Waals surface area (Å²) in [4.78, 5) is 29.3. The smallest absolute Gasteiger partial charge is 0.222 e. The predicted octanol–water partition coefficient (Wildman–Crippen LogP) is 17.8. The van der Waals surface area contributed by atoms with Crippen LogP contribution in [0.5, 0.6) is 0 Å². The second-order valence-corrected chi connectivity index (χ2v) is 26.6. The average molecular weight is 1340 g/mol. The summed E-state index contributed by atoms with van der Waals surface area (Å²) >= 11 is 3.42. The van der Waals surface area contributed by atoms with E-state index >= 15 is 0 Å². The van der Waals surface area contributed by atoms with Gasteiger partial charge in [-0.05, 0) is 133 Å². The first-order valence-corrected chi connectivity index (χ1v) is 34.3. The van der Waals surface area contributed by atoms with Crippen molar-refractivity contribution in [2.45, 2.75) is 77.0 Å². The van der Waals surface area contributed by atoms with Crippen molar-refractivity contribution in [3.63, 3.8) is 0 Å². The maximum Gasteiger partial charge on any atom is 0.222 e. The molecule has 0 saturated carbocycles. The van der Waals surface area contributed by atoms with Crippen molar-refractivity contribution in [2.24, 2.45) is 0 Å². The van der Waals surface area contributed by atoms with Crippen LogP contribution in [0.3, 0.4) is 0 Å². The van der Waals surface area contributed by atoms with Gasteiger partial charge in [-0.15, -0.1) is 0 Å². The zero-order valence-electron chi connectivity index (χ0n) is 56.5. The molecule has 1 saturated heterocycles. The number of anilines is 4. The van der Waals surface area contributed by atoms with Gasteiger partial charge in [0.15, 0.2) is 0 Å². The molecule has 13 rings (SSSR count). The van der Waals surface area contributed by atoms with Crippen molar-refractivity contribution in [3.05, 3.63) is 368 Å². The Balaban J connectivity index is 0.000000148. The maximum absolute atomic E-state index is 5.48. The molecule has 97 heavy (non-hydrogen) atoms. The lowest BCUT2D eigenvalue weighted by atomic mass is 9.69. The van der Waals surface area contributed by atoms with Crippen LogP contribution in [-0.4, -0.2) is 75.8 Å². The van der Waals surface area contributed by atoms with E-state index in [1.54, 1.807) is 24.8 Å². The molecular formula is C85H87BrN10O. The van der Waals surface area contributed by atoms with E-state index in [1.807, 2.05) is 18.5 Å². The molecule has 0 amide bonds. The van der Waals surface area contributed by atoms with E-state index < -0.39 is 0 Å². The number of hydrogen-bond acceptors (Lipinski definition) is 11. The Bertz CT molecular complexity index is 4260. The Hall–Kier alpha value is -10.1. The molecule has 1 aliphatic rings. The fourth-order valence-electron chi connectivity index (χ4n) is 13.3. The number of aromatic nitrogens is 6. The van der Waals surface area contributed by atoms with Crippen LogP contribution in [0.15, 0.2) is 284 Å². The molecule has 4 heterocycles. The summed E-state index contributed by atoms with van der Waals surface area (Å²) in [5.41, 5.74) is 19.3. The number of ether oxygens (including phenoxy) is 1. The van der Waals surface area contributed by atoms with Gasteiger partial charge >= 0.3 is 0 Å². The lowest BCUT2D eigenvalue weighted by Crippen LogP contribution is -2.39. The Kier molecular flexibility index (Phi) is 23.2. The third kappa shape index (κ3) is 18.1. The summed E-state index contributed by atoms with van der Waals surface area (Å²) in [6, 6.07) is 87.1. The summed E-state index contributed by atoms with van der Waals surface area (Å²) in [7, 11) is 0. The molecule has 1 aliphatic heterocycles. The standard InChI is InChI=1S/C31H34N4O.C27H26BrN3.C27H27N3/c1-24-8-6-12-27(18-24)31(20-26-10-4-3-5-11-26,28-13-7-9-25(2)19-28)23-34-30-32-21-29(22-33-30)35-14-16-36-17-15-35;1-20-8-6-12-23(14-20)27(16-22-10-4-3-5-11-22,24-13-7-9-21(2)15-24)19-31-26-29-17-25(28)18-30-26;1-21-9-6-13-24(17-21)27(19-23-11-4-3-5-12-23,25-14-7-10-22(2)18-25)20-30-26-28-15-8-16-29-26/h3-13,18-19,21-22H,14-17,20,23H2,1-2H3,(H,32,33,34);3-15,17-18H,16,19H2,1-2H3,(H,29,30,31);3-18H,19-20H2,1-2H3,(H,28,29,30). The third-order valence-electron chi connectivity index (χ3n) is 18.3. The maximum atomic E-state index is 5.48. The summed E-state index contributed by atoms with van der Waals surface area (Å²) in [6.45, 7) is 18.2. The minimum atomic E-state index is -0.300. The SMILES string of the molecule is Cc1cccc(C(CNc2ncc(Br)cn2)(Cc2ccccc2)c2cccc(C)c2)c1.Cc1cccc(C(CNc2ncc(N3CCOCC3)cn2)(Cc2ccccc2)c2cccc(C)c2)c1.Cc1cccc(C(CNc2ncccn2)(Cc2ccccc2)c2cccc(C)c2)c1. The van der Waals surface area contributed by atoms with E-state index in [4.69, 9.17) is 4.74 Å². The zero-order valence-corrected chi connectivity index (χ0v) is 58.1. The highest BCUT2D eigenvalue weighted by Crippen LogP contribution is 2.41. The quantitative estimate of drug-likeness (QED) is 0.0600. The number of benzene rings is 9. The molecule has 3 N–H and O–H groups in total. The van der Waals surface area contributed by atoms with Gasteiger partial charge in [-0.1, -0.05) is 270 Å². The minimum Gasteiger partial charge on any atom is -0.378 e. The first kappa shape index (κ1) is 68.3. The largest absolute Gasteiger partial charge is 0.378 e. The molecule has 9 aromatic carbocycles. The Morgan fingerprint density at radius 2 is 0.619 bits per heavy atom. The highest BCUT2D eigenvalue weighted by atomic mass is 79.9. The van der Waals surface area contributed by atoms with Gasteiger partial charge in [0.1, 0.15) is 0 Å². The van der Waals surface area contributed by atoms with E-state index in [2.05, 4.69) is 345 Å². The van der Waals surface area contributed by atoms with Crippen LogP contribution in [-0.2, 0) is 40.2 Å². The molecule has 0 aliphatic carbocycles. The molecule has 0 spiro atoms. The van der Waals surface area contributed by atoms with E-state index in [1.165, 1.54) is 83.5 Å². The third-order valence-corrected chi connectivity index (χ3v) is 18.7. The Labute approximate surface area is 582 Å². The molecule has 12 aromatic rings. The van der Waals surface area contributed by atoms with E-state index in [9.17, 15) is 0 Å². The van der Waals surface area contributed by atoms with Crippen LogP contribution in [0.4, 0.5) is 23.5 Å². The lowest BCUT2D eigenvalue weighted by Gasteiger charge is -2.36. The number of nitrogens with one attached hydrogen (secondary N) is 3. The fourth-order valence-corrected chi connectivity index (χ4v) is 13.5. The number of aryl methyl sites for hydroxylation is 6. The first-order valence-electron chi connectivity index (χ1n) is 33.5. The summed E-state index contributed by atoms with van der Waals surface area (Å²) < 4.78 is 6.34. The summed E-state index contributed by atoms with van der Waals surface area (Å²) in [6.07, 6.45) is 13.5. The molecule has 0 bridgehead atoms. The molecule has 12 heteroatoms. The average Bonchev–Trinajstić information content (AvgIpc) is 0.788. The number of hydrogen-bond donors (Lipinski definition) is 3. The monoisotopic (exact) mass is 1340 g/mol. The molecule has 1 fully saturated rings. The minimum absolute atomic E-state index is 0.265. The van der Waals surface area contributed by atoms with Crippen LogP contribution < -0.4 is 20.9 Å². The fraction of sp³-hybridized carbons (Fsp3) is 0.224. The molecule has 3 aromatic heterocycles. The number of nitrogens with zero attached hydrogens (tertiary/aromatic N) is 7. The van der Waals surface area contributed by atoms with Crippen LogP contribution in [0, 0.1) is 41.5 Å². The normalized spacial score (nSPS) is 12.3. The van der Waals surface area contributed by atoms with Gasteiger partial charge in [-0.3, -0.25) is 0 Å². The highest BCUT2D eigenvalue weighted by Gasteiger charge is 2.38. The molecule has 0 unspecified atom stereocenters. The van der Waals surface area contributed by atoms with Gasteiger partial charge in [-0.25, -0.2) is 29.9 Å². The topological polar surface area (TPSA) is 126 Å². The van der Waals surface area contributed by atoms with E-state index in [0.29, 0.717) is 37.5 Å². The van der Waals surface area contributed by atoms with Crippen molar-refractivity contribution >= 4 is 39.5 Å². The molecular weight excluding hydrogens is 1260 g/mol. The molecule has 0 radical (unpaired) electrons. The Morgan fingerprint density at radius 3 is 0.907 bits per heavy atom. The first-order chi connectivity index (χ1) is 47.3. The highest BCUT2D eigenvalue weighted by molar-refractivity contribution is 9.10. The van der Waals surface area contributed by atoms with Crippen molar-refractivity contribution in [2.75, 3.05) is 66.8 Å². The zero-order chi connectivity index (χ0) is 67.3. The lowest BCUT2D eigenvalue weighted by molar-refractivity contribution is 0.122. The molecule has 11 nitrogen and oxygen atoms in total. The summed E-state index contributed by atoms with van der Waals surface area (Å²) in [5.74, 6) is 1.92. The van der Waals surface area contributed by atoms with Crippen LogP contribution >= 0.6 is 15.9 Å². The second kappa shape index (κ2) is 33.0. The number of morpholine rings is 1. The van der Waals surface area contributed by atoms with Gasteiger partial charge < -0.3 is 25.6 Å². The van der Waals surface area contributed by atoms with Crippen LogP contribution in [0.1, 0.15) is 83.5 Å². The van der Waals surface area contributed by atoms with E-state index in [0.717, 1.165) is 55.7 Å². The van der Waals surface area contributed by atoms with Crippen molar-refractivity contribution in [3.8, 4) is 0 Å². The van der Waals surface area contributed by atoms with E-state index in [-0.39, 0.29) is 16.2 Å². The van der Waals surface area contributed by atoms with Crippen molar-refractivity contribution in [1.29, 1.82) is 0 Å². The van der Waals surface area contributed by atoms with Gasteiger partial charge in [0, 0.05) is 73.8 Å². The second-order valence-electron chi connectivity index (χ2n) is 25.7. The van der Waals surface area contributed by atoms with Gasteiger partial charge in [0.2, 0.25) is 17.8 Å². The van der Waals surface area contributed by atoms with Crippen molar-refractivity contribution in [1.82, 2.24) is 29.9 Å². The van der Waals surface area contributed by atoms with Crippen LogP contribution in [0.25, 0.3) is 0 Å². The van der Waals surface area contributed by atoms with Crippen molar-refractivity contribution < 1.29 is 4.74 Å². The molecule has 490 valence electrons. The van der Waals surface area contributed by atoms with Gasteiger partial charge in [0.25, 0.3) is 0 Å². The predicted molar refractivity (Wildman–Crippen MR) is 402 cm³/mol. The summed E-state index contributed by atoms with van der Waals surface area (Å²) in [5, 5.41) is 10.7. The van der Waals surface area contributed by atoms with Gasteiger partial charge in [0.05, 0.1) is 35.8 Å². The molecule has 0 atom stereocenters.